The molecule has 3 N–H and O–H groups in total. The van der Waals surface area contributed by atoms with E-state index >= 15 is 0 Å². The van der Waals surface area contributed by atoms with Gasteiger partial charge in [-0.25, -0.2) is 9.89 Å². The number of hydrogen-bond acceptors (Lipinski definition) is 3. The van der Waals surface area contributed by atoms with Crippen LogP contribution in [0.1, 0.15) is 36.2 Å². The van der Waals surface area contributed by atoms with Crippen molar-refractivity contribution in [2.75, 3.05) is 0 Å². The molecule has 0 radical (unpaired) electrons. The molecule has 0 saturated heterocycles. The molecule has 1 amide bonds. The number of H-pyrrole nitrogens is 2. The summed E-state index contributed by atoms with van der Waals surface area (Å²) in [4.78, 5) is 25.9. The monoisotopic (exact) mass is 298 g/mol. The third-order valence-corrected chi connectivity index (χ3v) is 4.99. The fourth-order valence-electron chi connectivity index (χ4n) is 3.86. The van der Waals surface area contributed by atoms with Gasteiger partial charge in [0.15, 0.2) is 0 Å². The number of nitrogens with one attached hydrogen (secondary N) is 3. The van der Waals surface area contributed by atoms with Crippen LogP contribution in [0.15, 0.2) is 29.1 Å². The van der Waals surface area contributed by atoms with Gasteiger partial charge in [-0.15, -0.1) is 0 Å². The minimum Gasteiger partial charge on any atom is -0.349 e. The first-order valence-electron chi connectivity index (χ1n) is 7.69. The Bertz CT molecular complexity index is 778. The topological polar surface area (TPSA) is 90.6 Å². The van der Waals surface area contributed by atoms with Gasteiger partial charge in [0.25, 0.3) is 0 Å². The van der Waals surface area contributed by atoms with Crippen LogP contribution in [0.25, 0.3) is 0 Å². The molecule has 2 aliphatic rings. The number of aromatic nitrogens is 3. The lowest BCUT2D eigenvalue weighted by molar-refractivity contribution is -0.123. The van der Waals surface area contributed by atoms with Crippen LogP contribution in [-0.2, 0) is 23.2 Å². The smallest absolute Gasteiger partial charge is 0.340 e. The first-order chi connectivity index (χ1) is 10.7. The quantitative estimate of drug-likeness (QED) is 0.790. The molecule has 22 heavy (non-hydrogen) atoms. The maximum atomic E-state index is 12.4. The van der Waals surface area contributed by atoms with Crippen molar-refractivity contribution in [3.63, 3.8) is 0 Å². The van der Waals surface area contributed by atoms with Gasteiger partial charge >= 0.3 is 5.69 Å². The summed E-state index contributed by atoms with van der Waals surface area (Å²) in [5.74, 6) is 0.553. The molecule has 6 nitrogen and oxygen atoms in total. The van der Waals surface area contributed by atoms with Crippen LogP contribution < -0.4 is 11.0 Å². The highest BCUT2D eigenvalue weighted by Gasteiger charge is 2.59. The van der Waals surface area contributed by atoms with Crippen molar-refractivity contribution < 1.29 is 4.79 Å². The molecule has 1 saturated carbocycles. The number of benzene rings is 1. The molecular weight excluding hydrogens is 280 g/mol. The van der Waals surface area contributed by atoms with Crippen LogP contribution in [0, 0.1) is 5.92 Å². The molecule has 0 unspecified atom stereocenters. The van der Waals surface area contributed by atoms with Crippen molar-refractivity contribution in [1.29, 1.82) is 0 Å². The number of rotatable bonds is 3. The highest BCUT2D eigenvalue weighted by Crippen LogP contribution is 2.60. The molecule has 1 aromatic carbocycles. The van der Waals surface area contributed by atoms with Gasteiger partial charge in [-0.1, -0.05) is 24.3 Å². The Morgan fingerprint density at radius 2 is 2.27 bits per heavy atom. The predicted octanol–water partition coefficient (Wildman–Crippen LogP) is 1.01. The van der Waals surface area contributed by atoms with Gasteiger partial charge in [0, 0.05) is 11.3 Å². The van der Waals surface area contributed by atoms with E-state index in [0.717, 1.165) is 25.7 Å². The van der Waals surface area contributed by atoms with Crippen LogP contribution in [0.4, 0.5) is 0 Å². The van der Waals surface area contributed by atoms with Gasteiger partial charge in [0.1, 0.15) is 5.82 Å². The molecule has 1 aromatic heterocycles. The Hall–Kier alpha value is -2.37. The number of carbonyl (C=O) groups is 1. The zero-order valence-electron chi connectivity index (χ0n) is 12.2. The maximum Gasteiger partial charge on any atom is 0.340 e. The van der Waals surface area contributed by atoms with Crippen molar-refractivity contribution in [3.8, 4) is 0 Å². The summed E-state index contributed by atoms with van der Waals surface area (Å²) < 4.78 is 0. The second-order valence-corrected chi connectivity index (χ2v) is 6.27. The normalized spacial score (nSPS) is 25.7. The van der Waals surface area contributed by atoms with Crippen molar-refractivity contribution >= 4 is 5.91 Å². The molecule has 2 atom stereocenters. The maximum absolute atomic E-state index is 12.4. The van der Waals surface area contributed by atoms with Crippen molar-refractivity contribution in [2.24, 2.45) is 5.92 Å². The second kappa shape index (κ2) is 4.83. The second-order valence-electron chi connectivity index (χ2n) is 6.27. The minimum absolute atomic E-state index is 0.0396. The first-order valence-corrected chi connectivity index (χ1v) is 7.69. The highest BCUT2D eigenvalue weighted by atomic mass is 16.2. The molecule has 114 valence electrons. The number of aromatic amines is 2. The lowest BCUT2D eigenvalue weighted by Gasteiger charge is -2.26. The van der Waals surface area contributed by atoms with Gasteiger partial charge in [-0.05, 0) is 36.8 Å². The molecule has 6 heteroatoms. The van der Waals surface area contributed by atoms with Crippen LogP contribution >= 0.6 is 0 Å². The van der Waals surface area contributed by atoms with E-state index in [1.165, 1.54) is 11.1 Å². The van der Waals surface area contributed by atoms with Gasteiger partial charge in [0.05, 0.1) is 6.54 Å². The van der Waals surface area contributed by atoms with Crippen LogP contribution in [0.3, 0.4) is 0 Å². The lowest BCUT2D eigenvalue weighted by Crippen LogP contribution is -2.30. The number of hydrogen-bond donors (Lipinski definition) is 3. The zero-order chi connectivity index (χ0) is 15.2. The summed E-state index contributed by atoms with van der Waals surface area (Å²) >= 11 is 0. The minimum atomic E-state index is -0.353. The summed E-state index contributed by atoms with van der Waals surface area (Å²) in [5.41, 5.74) is 2.43. The summed E-state index contributed by atoms with van der Waals surface area (Å²) in [7, 11) is 0. The predicted molar refractivity (Wildman–Crippen MR) is 80.2 cm³/mol. The SMILES string of the molecule is O=C(NCc1n[nH]c(=O)[nH]1)[C@@H]1C[C@]12CCCc1ccccc12. The summed E-state index contributed by atoms with van der Waals surface area (Å²) in [6.07, 6.45) is 4.27. The summed E-state index contributed by atoms with van der Waals surface area (Å²) in [6.45, 7) is 0.256. The Kier molecular flexibility index (Phi) is 2.92. The molecular formula is C16H18N4O2. The fraction of sp³-hybridized carbons (Fsp3) is 0.438. The molecule has 1 fully saturated rings. The largest absolute Gasteiger partial charge is 0.349 e. The molecule has 0 bridgehead atoms. The first kappa shape index (κ1) is 13.3. The van der Waals surface area contributed by atoms with E-state index in [-0.39, 0.29) is 29.5 Å². The average molecular weight is 298 g/mol. The third-order valence-electron chi connectivity index (χ3n) is 4.99. The van der Waals surface area contributed by atoms with Gasteiger partial charge < -0.3 is 5.32 Å². The highest BCUT2D eigenvalue weighted by molar-refractivity contribution is 5.84. The van der Waals surface area contributed by atoms with Gasteiger partial charge in [-0.3, -0.25) is 9.78 Å². The zero-order valence-corrected chi connectivity index (χ0v) is 12.2. The average Bonchev–Trinajstić information content (AvgIpc) is 3.09. The number of nitrogens with zero attached hydrogens (tertiary/aromatic N) is 1. The molecule has 2 aromatic rings. The molecule has 4 rings (SSSR count). The van der Waals surface area contributed by atoms with Crippen molar-refractivity contribution in [1.82, 2.24) is 20.5 Å². The number of aryl methyl sites for hydroxylation is 1. The van der Waals surface area contributed by atoms with Crippen LogP contribution in [0.2, 0.25) is 0 Å². The third kappa shape index (κ3) is 2.06. The van der Waals surface area contributed by atoms with Crippen LogP contribution in [-0.4, -0.2) is 21.1 Å². The van der Waals surface area contributed by atoms with Gasteiger partial charge in [0.2, 0.25) is 5.91 Å². The molecule has 1 spiro atoms. The standard InChI is InChI=1S/C16H18N4O2/c21-14(17-9-13-18-15(22)20-19-13)12-8-16(12)7-3-5-10-4-1-2-6-11(10)16/h1-2,4,6,12H,3,5,7-9H2,(H,17,21)(H2,18,19,20,22)/t12-,16-/m0/s1. The van der Waals surface area contributed by atoms with E-state index < -0.39 is 0 Å². The molecule has 1 heterocycles. The molecule has 0 aliphatic heterocycles. The summed E-state index contributed by atoms with van der Waals surface area (Å²) in [5, 5.41) is 8.98. The van der Waals surface area contributed by atoms with E-state index in [0.29, 0.717) is 5.82 Å². The number of fused-ring (bicyclic) bond motifs is 2. The number of carbonyl (C=O) groups excluding carboxylic acids is 1. The van der Waals surface area contributed by atoms with Crippen molar-refractivity contribution in [3.05, 3.63) is 51.7 Å². The van der Waals surface area contributed by atoms with E-state index in [2.05, 4.69) is 44.8 Å². The lowest BCUT2D eigenvalue weighted by atomic mass is 9.78. The van der Waals surface area contributed by atoms with Crippen LogP contribution in [0.5, 0.6) is 0 Å². The Morgan fingerprint density at radius 3 is 3.09 bits per heavy atom. The Labute approximate surface area is 127 Å². The molecule has 2 aliphatic carbocycles. The Morgan fingerprint density at radius 1 is 1.41 bits per heavy atom. The number of amides is 1. The summed E-state index contributed by atoms with van der Waals surface area (Å²) in [6, 6.07) is 8.49. The van der Waals surface area contributed by atoms with E-state index in [4.69, 9.17) is 0 Å². The van der Waals surface area contributed by atoms with E-state index in [1.54, 1.807) is 0 Å². The van der Waals surface area contributed by atoms with E-state index in [9.17, 15) is 9.59 Å². The van der Waals surface area contributed by atoms with Crippen molar-refractivity contribution in [2.45, 2.75) is 37.6 Å². The fourth-order valence-corrected chi connectivity index (χ4v) is 3.86. The van der Waals surface area contributed by atoms with Gasteiger partial charge in [-0.2, -0.15) is 5.10 Å². The van der Waals surface area contributed by atoms with E-state index in [1.807, 2.05) is 0 Å². The Balaban J connectivity index is 1.47.